The molecule has 2 aromatic carbocycles. The highest BCUT2D eigenvalue weighted by Gasteiger charge is 2.40. The number of aryl methyl sites for hydroxylation is 1. The second kappa shape index (κ2) is 6.96. The van der Waals surface area contributed by atoms with Crippen LogP contribution in [0.1, 0.15) is 24.0 Å². The van der Waals surface area contributed by atoms with E-state index in [9.17, 15) is 13.2 Å². The van der Waals surface area contributed by atoms with Gasteiger partial charge in [-0.2, -0.15) is 0 Å². The van der Waals surface area contributed by atoms with Crippen molar-refractivity contribution in [3.8, 4) is 0 Å². The summed E-state index contributed by atoms with van der Waals surface area (Å²) < 4.78 is 32.8. The number of sulfonamides is 1. The van der Waals surface area contributed by atoms with Crippen LogP contribution in [0, 0.1) is 6.92 Å². The van der Waals surface area contributed by atoms with E-state index in [1.165, 1.54) is 11.4 Å². The number of carbonyl (C=O) groups excluding carboxylic acids is 1. The van der Waals surface area contributed by atoms with Gasteiger partial charge in [0.25, 0.3) is 10.0 Å². The summed E-state index contributed by atoms with van der Waals surface area (Å²) in [6, 6.07) is 13.5. The number of benzene rings is 2. The molecule has 0 aliphatic carbocycles. The van der Waals surface area contributed by atoms with E-state index >= 15 is 0 Å². The minimum atomic E-state index is -3.79. The molecular formula is C20H21NO4S. The maximum atomic E-state index is 13.3. The number of fused-ring (bicyclic) bond motifs is 1. The van der Waals surface area contributed by atoms with E-state index in [-0.39, 0.29) is 17.3 Å². The summed E-state index contributed by atoms with van der Waals surface area (Å²) in [5.74, 6) is -0.374. The van der Waals surface area contributed by atoms with Crippen molar-refractivity contribution in [2.45, 2.75) is 30.7 Å². The number of hydrogen-bond acceptors (Lipinski definition) is 4. The molecule has 1 aliphatic rings. The molecule has 0 N–H and O–H groups in total. The van der Waals surface area contributed by atoms with Crippen LogP contribution in [0.5, 0.6) is 0 Å². The normalized spacial score (nSPS) is 16.5. The predicted octanol–water partition coefficient (Wildman–Crippen LogP) is 3.54. The third-order valence-electron chi connectivity index (χ3n) is 4.60. The molecule has 0 radical (unpaired) electrons. The number of esters is 1. The Bertz CT molecular complexity index is 948. The van der Waals surface area contributed by atoms with Gasteiger partial charge in [0.15, 0.2) is 0 Å². The Hall–Kier alpha value is -2.60. The first-order chi connectivity index (χ1) is 12.4. The number of methoxy groups -OCH3 is 1. The second-order valence-corrected chi connectivity index (χ2v) is 8.10. The van der Waals surface area contributed by atoms with Gasteiger partial charge in [0.1, 0.15) is 0 Å². The summed E-state index contributed by atoms with van der Waals surface area (Å²) in [6.45, 7) is 6.00. The SMILES string of the molecule is C=C1c2ccccc2N(S(=O)(=O)c2ccc(C)cc2)C1CCC(=O)OC. The molecule has 0 aromatic heterocycles. The molecule has 0 amide bonds. The first-order valence-electron chi connectivity index (χ1n) is 8.32. The van der Waals surface area contributed by atoms with Crippen molar-refractivity contribution >= 4 is 27.3 Å². The lowest BCUT2D eigenvalue weighted by atomic mass is 10.0. The lowest BCUT2D eigenvalue weighted by molar-refractivity contribution is -0.140. The van der Waals surface area contributed by atoms with E-state index < -0.39 is 16.1 Å². The van der Waals surface area contributed by atoms with Gasteiger partial charge < -0.3 is 4.74 Å². The van der Waals surface area contributed by atoms with E-state index in [1.54, 1.807) is 36.4 Å². The van der Waals surface area contributed by atoms with Gasteiger partial charge in [-0.15, -0.1) is 0 Å². The zero-order chi connectivity index (χ0) is 18.9. The number of hydrogen-bond donors (Lipinski definition) is 0. The van der Waals surface area contributed by atoms with Crippen molar-refractivity contribution in [3.63, 3.8) is 0 Å². The minimum absolute atomic E-state index is 0.119. The molecule has 0 saturated heterocycles. The van der Waals surface area contributed by atoms with Crippen molar-refractivity contribution in [2.24, 2.45) is 0 Å². The Morgan fingerprint density at radius 2 is 1.81 bits per heavy atom. The zero-order valence-electron chi connectivity index (χ0n) is 14.8. The third kappa shape index (κ3) is 3.12. The minimum Gasteiger partial charge on any atom is -0.469 e. The van der Waals surface area contributed by atoms with Crippen LogP contribution < -0.4 is 4.31 Å². The molecule has 6 heteroatoms. The summed E-state index contributed by atoms with van der Waals surface area (Å²) >= 11 is 0. The average Bonchev–Trinajstić information content (AvgIpc) is 2.93. The Kier molecular flexibility index (Phi) is 4.87. The van der Waals surface area contributed by atoms with Gasteiger partial charge in [-0.05, 0) is 37.1 Å². The topological polar surface area (TPSA) is 63.7 Å². The van der Waals surface area contributed by atoms with Crippen LogP contribution in [0.25, 0.3) is 5.57 Å². The van der Waals surface area contributed by atoms with Gasteiger partial charge >= 0.3 is 5.97 Å². The van der Waals surface area contributed by atoms with Gasteiger partial charge in [0.2, 0.25) is 0 Å². The highest BCUT2D eigenvalue weighted by atomic mass is 32.2. The molecule has 0 spiro atoms. The molecule has 2 aromatic rings. The second-order valence-electron chi connectivity index (χ2n) is 6.29. The van der Waals surface area contributed by atoms with Crippen LogP contribution in [0.15, 0.2) is 60.0 Å². The molecule has 5 nitrogen and oxygen atoms in total. The standard InChI is InChI=1S/C20H21NO4S/c1-14-8-10-16(11-9-14)26(23,24)21-18(12-13-20(22)25-3)15(2)17-6-4-5-7-19(17)21/h4-11,18H,2,12-13H2,1,3H3. The average molecular weight is 371 g/mol. The number of rotatable bonds is 5. The van der Waals surface area contributed by atoms with E-state index in [4.69, 9.17) is 4.74 Å². The summed E-state index contributed by atoms with van der Waals surface area (Å²) in [7, 11) is -2.46. The number of para-hydroxylation sites is 1. The Morgan fingerprint density at radius 3 is 2.46 bits per heavy atom. The maximum absolute atomic E-state index is 13.3. The molecule has 26 heavy (non-hydrogen) atoms. The van der Waals surface area contributed by atoms with Crippen molar-refractivity contribution in [2.75, 3.05) is 11.4 Å². The number of anilines is 1. The first-order valence-corrected chi connectivity index (χ1v) is 9.76. The molecule has 0 fully saturated rings. The van der Waals surface area contributed by atoms with Crippen molar-refractivity contribution in [1.29, 1.82) is 0 Å². The van der Waals surface area contributed by atoms with Gasteiger partial charge in [-0.1, -0.05) is 42.5 Å². The fourth-order valence-corrected chi connectivity index (χ4v) is 4.89. The Morgan fingerprint density at radius 1 is 1.15 bits per heavy atom. The molecule has 1 unspecified atom stereocenters. The summed E-state index contributed by atoms with van der Waals surface area (Å²) in [5.41, 5.74) is 3.06. The van der Waals surface area contributed by atoms with Crippen LogP contribution >= 0.6 is 0 Å². The fourth-order valence-electron chi connectivity index (χ4n) is 3.20. The largest absolute Gasteiger partial charge is 0.469 e. The van der Waals surface area contributed by atoms with Gasteiger partial charge in [-0.25, -0.2) is 8.42 Å². The van der Waals surface area contributed by atoms with Crippen LogP contribution in [0.4, 0.5) is 5.69 Å². The van der Waals surface area contributed by atoms with Gasteiger partial charge in [-0.3, -0.25) is 9.10 Å². The van der Waals surface area contributed by atoms with Crippen LogP contribution in [-0.4, -0.2) is 27.5 Å². The first kappa shape index (κ1) is 18.2. The number of nitrogens with zero attached hydrogens (tertiary/aromatic N) is 1. The predicted molar refractivity (Wildman–Crippen MR) is 101 cm³/mol. The smallest absolute Gasteiger partial charge is 0.305 e. The fraction of sp³-hybridized carbons (Fsp3) is 0.250. The maximum Gasteiger partial charge on any atom is 0.305 e. The van der Waals surface area contributed by atoms with E-state index in [1.807, 2.05) is 19.1 Å². The van der Waals surface area contributed by atoms with Crippen molar-refractivity contribution < 1.29 is 17.9 Å². The van der Waals surface area contributed by atoms with Crippen molar-refractivity contribution in [1.82, 2.24) is 0 Å². The van der Waals surface area contributed by atoms with Crippen LogP contribution in [0.2, 0.25) is 0 Å². The molecule has 1 heterocycles. The molecular weight excluding hydrogens is 350 g/mol. The summed E-state index contributed by atoms with van der Waals surface area (Å²) in [5, 5.41) is 0. The Balaban J connectivity index is 2.06. The quantitative estimate of drug-likeness (QED) is 0.754. The molecule has 0 saturated carbocycles. The molecule has 0 bridgehead atoms. The summed E-state index contributed by atoms with van der Waals surface area (Å²) in [6.07, 6.45) is 0.430. The van der Waals surface area contributed by atoms with E-state index in [0.29, 0.717) is 17.7 Å². The molecule has 1 aliphatic heterocycles. The van der Waals surface area contributed by atoms with Crippen LogP contribution in [0.3, 0.4) is 0 Å². The number of carbonyl (C=O) groups is 1. The van der Waals surface area contributed by atoms with Gasteiger partial charge in [0, 0.05) is 12.0 Å². The highest BCUT2D eigenvalue weighted by Crippen LogP contribution is 2.44. The lowest BCUT2D eigenvalue weighted by Gasteiger charge is -2.27. The molecule has 3 rings (SSSR count). The monoisotopic (exact) mass is 371 g/mol. The Labute approximate surface area is 154 Å². The zero-order valence-corrected chi connectivity index (χ0v) is 15.6. The van der Waals surface area contributed by atoms with Crippen LogP contribution in [-0.2, 0) is 19.6 Å². The van der Waals surface area contributed by atoms with E-state index in [2.05, 4.69) is 6.58 Å². The third-order valence-corrected chi connectivity index (χ3v) is 6.44. The highest BCUT2D eigenvalue weighted by molar-refractivity contribution is 7.93. The summed E-state index contributed by atoms with van der Waals surface area (Å²) in [4.78, 5) is 11.8. The molecule has 136 valence electrons. The lowest BCUT2D eigenvalue weighted by Crippen LogP contribution is -2.37. The van der Waals surface area contributed by atoms with Gasteiger partial charge in [0.05, 0.1) is 23.7 Å². The molecule has 1 atom stereocenters. The van der Waals surface area contributed by atoms with Crippen molar-refractivity contribution in [3.05, 3.63) is 66.2 Å². The van der Waals surface area contributed by atoms with E-state index in [0.717, 1.165) is 11.1 Å². The number of ether oxygens (including phenoxy) is 1.